The summed E-state index contributed by atoms with van der Waals surface area (Å²) in [6.07, 6.45) is -5.44. The van der Waals surface area contributed by atoms with Crippen LogP contribution in [0.25, 0.3) is 0 Å². The van der Waals surface area contributed by atoms with Crippen molar-refractivity contribution in [1.82, 2.24) is 9.62 Å². The fourth-order valence-electron chi connectivity index (χ4n) is 1.33. The summed E-state index contributed by atoms with van der Waals surface area (Å²) in [6.45, 7) is -1.87. The van der Waals surface area contributed by atoms with Gasteiger partial charge in [-0.25, -0.2) is 17.5 Å². The van der Waals surface area contributed by atoms with Crippen molar-refractivity contribution in [2.75, 3.05) is 13.2 Å². The Balaban J connectivity index is 2.77. The average Bonchev–Trinajstić information content (AvgIpc) is 2.18. The van der Waals surface area contributed by atoms with Crippen LogP contribution in [0.15, 0.2) is 11.1 Å². The normalized spacial score (nSPS) is 18.4. The Morgan fingerprint density at radius 2 is 2.05 bits per heavy atom. The van der Waals surface area contributed by atoms with Gasteiger partial charge in [0.25, 0.3) is 10.0 Å². The van der Waals surface area contributed by atoms with Gasteiger partial charge in [-0.1, -0.05) is 0 Å². The molecule has 0 atom stereocenters. The van der Waals surface area contributed by atoms with E-state index < -0.39 is 47.9 Å². The Bertz CT molecular complexity index is 542. The first-order valence-corrected chi connectivity index (χ1v) is 6.55. The maximum Gasteiger partial charge on any atom is 0.522 e. The third-order valence-corrected chi connectivity index (χ3v) is 3.56. The van der Waals surface area contributed by atoms with Crippen molar-refractivity contribution < 1.29 is 35.9 Å². The third kappa shape index (κ3) is 4.70. The number of rotatable bonds is 5. The summed E-state index contributed by atoms with van der Waals surface area (Å²) in [5, 5.41) is 2.58. The van der Waals surface area contributed by atoms with Crippen LogP contribution >= 0.6 is 0 Å². The molecule has 0 saturated carbocycles. The Morgan fingerprint density at radius 3 is 2.50 bits per heavy atom. The molecule has 20 heavy (non-hydrogen) atoms. The van der Waals surface area contributed by atoms with Crippen molar-refractivity contribution in [1.29, 1.82) is 0 Å². The number of hydrogen-bond donors (Lipinski definition) is 2. The zero-order valence-electron chi connectivity index (χ0n) is 9.81. The minimum absolute atomic E-state index is 0.156. The first-order chi connectivity index (χ1) is 9.01. The summed E-state index contributed by atoms with van der Waals surface area (Å²) >= 11 is 0. The number of carbonyl (C=O) groups is 2. The summed E-state index contributed by atoms with van der Waals surface area (Å²) in [5.74, 6) is -0.874. The van der Waals surface area contributed by atoms with Crippen molar-refractivity contribution in [2.24, 2.45) is 5.73 Å². The lowest BCUT2D eigenvalue weighted by Gasteiger charge is -2.26. The summed E-state index contributed by atoms with van der Waals surface area (Å²) in [6, 6.07) is -1.19. The molecule has 0 aromatic carbocycles. The molecule has 0 aromatic rings. The molecule has 0 bridgehead atoms. The molecule has 8 nitrogen and oxygen atoms in total. The number of nitrogens with two attached hydrogens (primary N) is 1. The first-order valence-electron chi connectivity index (χ1n) is 5.04. The first kappa shape index (κ1) is 16.2. The highest BCUT2D eigenvalue weighted by molar-refractivity contribution is 7.92. The standard InChI is InChI=1S/C8H10F3N3O5S/c9-8(10,11)19-2-1-14-7(16)13-5(3-6(12)15)4-20(14,17)18/h4H,1-3H2,(H2,12,15)(H,13,16). The lowest BCUT2D eigenvalue weighted by Crippen LogP contribution is -2.48. The van der Waals surface area contributed by atoms with Gasteiger partial charge >= 0.3 is 12.4 Å². The lowest BCUT2D eigenvalue weighted by atomic mass is 10.3. The molecule has 0 aromatic heterocycles. The van der Waals surface area contributed by atoms with E-state index in [0.29, 0.717) is 5.41 Å². The van der Waals surface area contributed by atoms with E-state index in [9.17, 15) is 31.2 Å². The van der Waals surface area contributed by atoms with Gasteiger partial charge in [0.05, 0.1) is 25.0 Å². The highest BCUT2D eigenvalue weighted by Crippen LogP contribution is 2.18. The average molecular weight is 317 g/mol. The van der Waals surface area contributed by atoms with Gasteiger partial charge in [0.1, 0.15) is 0 Å². The molecular formula is C8H10F3N3O5S. The highest BCUT2D eigenvalue weighted by atomic mass is 32.2. The van der Waals surface area contributed by atoms with Crippen molar-refractivity contribution in [3.05, 3.63) is 11.1 Å². The van der Waals surface area contributed by atoms with Gasteiger partial charge in [0, 0.05) is 5.70 Å². The van der Waals surface area contributed by atoms with Gasteiger partial charge in [0.15, 0.2) is 0 Å². The number of halogens is 3. The number of nitrogens with one attached hydrogen (secondary N) is 1. The van der Waals surface area contributed by atoms with Crippen LogP contribution in [0, 0.1) is 0 Å². The largest absolute Gasteiger partial charge is 0.522 e. The molecule has 0 radical (unpaired) electrons. The molecule has 0 aliphatic carbocycles. The maximum atomic E-state index is 11.8. The summed E-state index contributed by atoms with van der Waals surface area (Å²) in [7, 11) is -4.28. The predicted molar refractivity (Wildman–Crippen MR) is 58.1 cm³/mol. The zero-order chi connectivity index (χ0) is 15.6. The predicted octanol–water partition coefficient (Wildman–Crippen LogP) is -0.405. The van der Waals surface area contributed by atoms with E-state index in [2.05, 4.69) is 4.74 Å². The van der Waals surface area contributed by atoms with E-state index in [1.807, 2.05) is 5.32 Å². The molecular weight excluding hydrogens is 307 g/mol. The minimum Gasteiger partial charge on any atom is -0.369 e. The second-order valence-corrected chi connectivity index (χ2v) is 5.33. The van der Waals surface area contributed by atoms with Gasteiger partial charge in [-0.15, -0.1) is 13.2 Å². The van der Waals surface area contributed by atoms with Crippen LogP contribution in [0.1, 0.15) is 6.42 Å². The number of nitrogens with zero attached hydrogens (tertiary/aromatic N) is 1. The van der Waals surface area contributed by atoms with E-state index in [0.717, 1.165) is 0 Å². The number of hydrogen-bond acceptors (Lipinski definition) is 5. The number of sulfonamides is 1. The summed E-state index contributed by atoms with van der Waals surface area (Å²) in [4.78, 5) is 22.1. The highest BCUT2D eigenvalue weighted by Gasteiger charge is 2.34. The van der Waals surface area contributed by atoms with E-state index >= 15 is 0 Å². The van der Waals surface area contributed by atoms with Crippen LogP contribution in [0.5, 0.6) is 0 Å². The van der Waals surface area contributed by atoms with Crippen LogP contribution in [-0.2, 0) is 19.6 Å². The second kappa shape index (κ2) is 5.66. The summed E-state index contributed by atoms with van der Waals surface area (Å²) < 4.78 is 62.1. The number of carbonyl (C=O) groups excluding carboxylic acids is 2. The van der Waals surface area contributed by atoms with Crippen molar-refractivity contribution in [2.45, 2.75) is 12.8 Å². The molecule has 3 amide bonds. The maximum absolute atomic E-state index is 11.8. The molecule has 0 spiro atoms. The van der Waals surface area contributed by atoms with E-state index in [-0.39, 0.29) is 10.0 Å². The van der Waals surface area contributed by atoms with Gasteiger partial charge < -0.3 is 11.1 Å². The fraction of sp³-hybridized carbons (Fsp3) is 0.500. The van der Waals surface area contributed by atoms with Gasteiger partial charge in [-0.2, -0.15) is 0 Å². The van der Waals surface area contributed by atoms with Crippen LogP contribution in [-0.4, -0.2) is 44.2 Å². The lowest BCUT2D eigenvalue weighted by molar-refractivity contribution is -0.324. The second-order valence-electron chi connectivity index (χ2n) is 3.63. The monoisotopic (exact) mass is 317 g/mol. The quantitative estimate of drug-likeness (QED) is 0.715. The SMILES string of the molecule is NC(=O)CC1=CS(=O)(=O)N(CCOC(F)(F)F)C(=O)N1. The van der Waals surface area contributed by atoms with E-state index in [1.54, 1.807) is 0 Å². The van der Waals surface area contributed by atoms with Crippen molar-refractivity contribution in [3.8, 4) is 0 Å². The molecule has 3 N–H and O–H groups in total. The molecule has 1 rings (SSSR count). The molecule has 1 heterocycles. The van der Waals surface area contributed by atoms with Crippen molar-refractivity contribution in [3.63, 3.8) is 0 Å². The van der Waals surface area contributed by atoms with E-state index in [1.165, 1.54) is 0 Å². The van der Waals surface area contributed by atoms with Gasteiger partial charge in [-0.05, 0) is 0 Å². The molecule has 12 heteroatoms. The Morgan fingerprint density at radius 1 is 1.45 bits per heavy atom. The van der Waals surface area contributed by atoms with Crippen LogP contribution in [0.3, 0.4) is 0 Å². The summed E-state index contributed by atoms with van der Waals surface area (Å²) in [5.41, 5.74) is 4.58. The molecule has 0 fully saturated rings. The number of ether oxygens (including phenoxy) is 1. The zero-order valence-corrected chi connectivity index (χ0v) is 10.6. The molecule has 1 aliphatic heterocycles. The molecule has 0 saturated heterocycles. The number of alkyl halides is 3. The molecule has 1 aliphatic rings. The Labute approximate surface area is 111 Å². The number of urea groups is 1. The minimum atomic E-state index is -4.93. The van der Waals surface area contributed by atoms with Crippen molar-refractivity contribution >= 4 is 22.0 Å². The van der Waals surface area contributed by atoms with Gasteiger partial charge in [0.2, 0.25) is 5.91 Å². The van der Waals surface area contributed by atoms with E-state index in [4.69, 9.17) is 5.73 Å². The third-order valence-electron chi connectivity index (χ3n) is 2.02. The Hall–Kier alpha value is -1.82. The Kier molecular flexibility index (Phi) is 4.60. The number of amides is 3. The molecule has 114 valence electrons. The molecule has 0 unspecified atom stereocenters. The van der Waals surface area contributed by atoms with Crippen LogP contribution in [0.2, 0.25) is 0 Å². The number of primary amides is 1. The fourth-order valence-corrected chi connectivity index (χ4v) is 2.57. The topological polar surface area (TPSA) is 119 Å². The van der Waals surface area contributed by atoms with Gasteiger partial charge in [-0.3, -0.25) is 9.53 Å². The van der Waals surface area contributed by atoms with Crippen LogP contribution < -0.4 is 11.1 Å². The smallest absolute Gasteiger partial charge is 0.369 e. The van der Waals surface area contributed by atoms with Crippen LogP contribution in [0.4, 0.5) is 18.0 Å².